The third-order valence-electron chi connectivity index (χ3n) is 12.4. The van der Waals surface area contributed by atoms with E-state index in [9.17, 15) is 5.11 Å². The minimum Gasteiger partial charge on any atom is -0.489 e. The van der Waals surface area contributed by atoms with Crippen LogP contribution >= 0.6 is 0 Å². The number of hydrogen-bond acceptors (Lipinski definition) is 10. The Bertz CT molecular complexity index is 3150. The van der Waals surface area contributed by atoms with Crippen molar-refractivity contribution in [3.63, 3.8) is 0 Å². The summed E-state index contributed by atoms with van der Waals surface area (Å²) in [7, 11) is 0. The highest BCUT2D eigenvalue weighted by atomic mass is 16.7. The number of rotatable bonds is 21. The van der Waals surface area contributed by atoms with Crippen molar-refractivity contribution in [1.82, 2.24) is 0 Å². The highest BCUT2D eigenvalue weighted by molar-refractivity contribution is 5.91. The molecule has 2 atom stereocenters. The first-order valence-electron chi connectivity index (χ1n) is 24.5. The largest absolute Gasteiger partial charge is 0.489 e. The molecule has 0 unspecified atom stereocenters. The topological polar surface area (TPSA) is 111 Å². The fourth-order valence-electron chi connectivity index (χ4n) is 8.50. The summed E-state index contributed by atoms with van der Waals surface area (Å²) in [6, 6.07) is 72.4. The zero-order valence-electron chi connectivity index (χ0n) is 40.6. The first-order chi connectivity index (χ1) is 36.4. The van der Waals surface area contributed by atoms with Gasteiger partial charge in [0.1, 0.15) is 62.6 Å². The van der Waals surface area contributed by atoms with Gasteiger partial charge in [0.2, 0.25) is 5.75 Å². The Hall–Kier alpha value is -8.99. The lowest BCUT2D eigenvalue weighted by Crippen LogP contribution is -2.48. The van der Waals surface area contributed by atoms with Gasteiger partial charge in [-0.05, 0) is 63.2 Å². The second-order valence-electron chi connectivity index (χ2n) is 17.8. The molecule has 370 valence electrons. The lowest BCUT2D eigenvalue weighted by atomic mass is 9.90. The van der Waals surface area contributed by atoms with Gasteiger partial charge in [-0.2, -0.15) is 0 Å². The third-order valence-corrected chi connectivity index (χ3v) is 12.4. The Balaban J connectivity index is 1.02. The Morgan fingerprint density at radius 3 is 1.24 bits per heavy atom. The maximum Gasteiger partial charge on any atom is 0.341 e. The first-order valence-corrected chi connectivity index (χ1v) is 24.5. The number of hydrogen-bond donors (Lipinski definition) is 1. The molecule has 10 rings (SSSR count). The molecular weight excluding hydrogens is 929 g/mol. The second-order valence-corrected chi connectivity index (χ2v) is 17.8. The quantitative estimate of drug-likeness (QED) is 0.0552. The zero-order chi connectivity index (χ0) is 50.4. The molecule has 1 aliphatic rings. The number of esters is 1. The van der Waals surface area contributed by atoms with Gasteiger partial charge in [0, 0.05) is 24.1 Å². The number of aliphatic hydroxyl groups is 1. The average molecular weight is 983 g/mol. The van der Waals surface area contributed by atoms with E-state index in [0.29, 0.717) is 46.5 Å². The minimum atomic E-state index is -2.31. The fraction of sp³-hybridized carbons (Fsp3) is 0.141. The minimum absolute atomic E-state index is 0.0380. The predicted octanol–water partition coefficient (Wildman–Crippen LogP) is 13.4. The van der Waals surface area contributed by atoms with Crippen LogP contribution in [0.2, 0.25) is 0 Å². The summed E-state index contributed by atoms with van der Waals surface area (Å²) in [6.07, 6.45) is -1.47. The summed E-state index contributed by atoms with van der Waals surface area (Å²) in [5, 5.41) is 13.1. The summed E-state index contributed by atoms with van der Waals surface area (Å²) in [5.41, 5.74) is 6.66. The van der Waals surface area contributed by atoms with Crippen LogP contribution in [0.25, 0.3) is 0 Å². The van der Waals surface area contributed by atoms with E-state index in [1.165, 1.54) is 0 Å². The monoisotopic (exact) mass is 982 g/mol. The van der Waals surface area contributed by atoms with Crippen LogP contribution in [0, 0.1) is 0 Å². The van der Waals surface area contributed by atoms with Gasteiger partial charge in [0.15, 0.2) is 17.6 Å². The van der Waals surface area contributed by atoms with Crippen molar-refractivity contribution < 1.29 is 47.8 Å². The molecule has 9 aromatic rings. The van der Waals surface area contributed by atoms with E-state index in [1.807, 2.05) is 182 Å². The third kappa shape index (κ3) is 12.5. The van der Waals surface area contributed by atoms with Crippen LogP contribution in [0.15, 0.2) is 231 Å². The molecule has 1 N–H and O–H groups in total. The number of fused-ring (bicyclic) bond motifs is 1. The van der Waals surface area contributed by atoms with Gasteiger partial charge in [-0.3, -0.25) is 0 Å². The lowest BCUT2D eigenvalue weighted by Gasteiger charge is -2.40. The number of carbonyl (C=O) groups excluding carboxylic acids is 1. The SMILES string of the molecule is O=C(O[C@@]1(O)Cc2c(OCc3ccccc3)cc(OCc3ccccc3)cc2O[C@@H]1c1ccc(OCc2ccccc2)cc1)c1cc(OCc2ccccc2)c(OCc2ccccc2)c(OCc2ccccc2)c1. The van der Waals surface area contributed by atoms with Gasteiger partial charge < -0.3 is 43.0 Å². The van der Waals surface area contributed by atoms with E-state index >= 15 is 4.79 Å². The number of benzene rings is 9. The van der Waals surface area contributed by atoms with E-state index in [2.05, 4.69) is 0 Å². The molecule has 0 aromatic heterocycles. The van der Waals surface area contributed by atoms with E-state index in [0.717, 1.165) is 33.4 Å². The maximum absolute atomic E-state index is 15.0. The summed E-state index contributed by atoms with van der Waals surface area (Å²) >= 11 is 0. The van der Waals surface area contributed by atoms with Gasteiger partial charge in [0.25, 0.3) is 5.79 Å². The van der Waals surface area contributed by atoms with Crippen molar-refractivity contribution in [2.75, 3.05) is 0 Å². The molecule has 1 heterocycles. The molecule has 1 aliphatic heterocycles. The van der Waals surface area contributed by atoms with Crippen LogP contribution in [0.1, 0.15) is 61.0 Å². The van der Waals surface area contributed by atoms with Crippen LogP contribution < -0.4 is 33.2 Å². The molecule has 0 fully saturated rings. The Morgan fingerprint density at radius 1 is 0.432 bits per heavy atom. The summed E-state index contributed by atoms with van der Waals surface area (Å²) in [5.74, 6) is -0.544. The van der Waals surface area contributed by atoms with Gasteiger partial charge in [-0.15, -0.1) is 0 Å². The van der Waals surface area contributed by atoms with Crippen molar-refractivity contribution in [2.45, 2.75) is 58.0 Å². The Kier molecular flexibility index (Phi) is 15.4. The van der Waals surface area contributed by atoms with Crippen LogP contribution in [0.4, 0.5) is 0 Å². The van der Waals surface area contributed by atoms with Crippen molar-refractivity contribution >= 4 is 5.97 Å². The summed E-state index contributed by atoms with van der Waals surface area (Å²) in [6.45, 7) is 1.36. The molecule has 0 saturated carbocycles. The van der Waals surface area contributed by atoms with Crippen LogP contribution in [-0.2, 0) is 50.8 Å². The van der Waals surface area contributed by atoms with E-state index < -0.39 is 17.9 Å². The number of carbonyl (C=O) groups is 1. The van der Waals surface area contributed by atoms with Crippen molar-refractivity contribution in [1.29, 1.82) is 0 Å². The normalized spacial score (nSPS) is 14.6. The Labute approximate surface area is 430 Å². The van der Waals surface area contributed by atoms with Gasteiger partial charge in [-0.25, -0.2) is 4.79 Å². The second kappa shape index (κ2) is 23.5. The maximum atomic E-state index is 15.0. The molecule has 0 amide bonds. The molecule has 10 heteroatoms. The van der Waals surface area contributed by atoms with Gasteiger partial charge >= 0.3 is 5.97 Å². The fourth-order valence-corrected chi connectivity index (χ4v) is 8.50. The molecule has 0 bridgehead atoms. The van der Waals surface area contributed by atoms with E-state index in [4.69, 9.17) is 37.9 Å². The molecule has 9 aromatic carbocycles. The molecule has 74 heavy (non-hydrogen) atoms. The van der Waals surface area contributed by atoms with Crippen LogP contribution in [0.3, 0.4) is 0 Å². The molecule has 0 aliphatic carbocycles. The van der Waals surface area contributed by atoms with Crippen molar-refractivity contribution in [3.05, 3.63) is 281 Å². The zero-order valence-corrected chi connectivity index (χ0v) is 40.6. The van der Waals surface area contributed by atoms with E-state index in [-0.39, 0.29) is 56.5 Å². The molecule has 0 saturated heterocycles. The number of ether oxygens (including phenoxy) is 8. The van der Waals surface area contributed by atoms with Gasteiger partial charge in [0.05, 0.1) is 5.56 Å². The molecule has 0 radical (unpaired) electrons. The summed E-state index contributed by atoms with van der Waals surface area (Å²) < 4.78 is 51.8. The predicted molar refractivity (Wildman–Crippen MR) is 281 cm³/mol. The van der Waals surface area contributed by atoms with Crippen molar-refractivity contribution in [3.8, 4) is 40.2 Å². The van der Waals surface area contributed by atoms with E-state index in [1.54, 1.807) is 48.5 Å². The van der Waals surface area contributed by atoms with Crippen LogP contribution in [0.5, 0.6) is 40.2 Å². The Morgan fingerprint density at radius 2 is 0.811 bits per heavy atom. The highest BCUT2D eigenvalue weighted by Gasteiger charge is 2.49. The lowest BCUT2D eigenvalue weighted by molar-refractivity contribution is -0.226. The first kappa shape index (κ1) is 48.6. The standard InChI is InChI=1S/C64H54O10/c65-63(53-35-59(70-43-49-25-13-4-14-26-49)61(72-45-51-29-17-6-18-30-51)60(36-53)71-44-50-27-15-5-16-28-50)74-64(66)39-56-57(69-42-48-23-11-3-12-24-48)37-55(68-41-47-21-9-2-10-22-47)38-58(56)73-62(64)52-31-33-54(34-32-52)67-40-46-19-7-1-8-20-46/h1-38,62,66H,39-45H2/t62-,64+/m1/s1. The average Bonchev–Trinajstić information content (AvgIpc) is 3.46. The smallest absolute Gasteiger partial charge is 0.341 e. The van der Waals surface area contributed by atoms with Gasteiger partial charge in [-0.1, -0.05) is 194 Å². The van der Waals surface area contributed by atoms with Crippen molar-refractivity contribution in [2.24, 2.45) is 0 Å². The highest BCUT2D eigenvalue weighted by Crippen LogP contribution is 2.49. The molecule has 0 spiro atoms. The molecular formula is C64H54O10. The molecule has 10 nitrogen and oxygen atoms in total. The summed E-state index contributed by atoms with van der Waals surface area (Å²) in [4.78, 5) is 15.0. The van der Waals surface area contributed by atoms with Crippen LogP contribution in [-0.4, -0.2) is 16.9 Å².